The number of likely N-dealkylation sites (N-methyl/N-ethyl adjacent to an activating group) is 1. The summed E-state index contributed by atoms with van der Waals surface area (Å²) in [4.78, 5) is 29.0. The third kappa shape index (κ3) is 3.90. The molecule has 27 heavy (non-hydrogen) atoms. The van der Waals surface area contributed by atoms with Crippen molar-refractivity contribution in [1.82, 2.24) is 25.0 Å². The summed E-state index contributed by atoms with van der Waals surface area (Å²) in [5.41, 5.74) is 2.15. The molecule has 0 bridgehead atoms. The van der Waals surface area contributed by atoms with Gasteiger partial charge in [0.15, 0.2) is 5.82 Å². The molecule has 1 unspecified atom stereocenters. The Morgan fingerprint density at radius 1 is 1.33 bits per heavy atom. The highest BCUT2D eigenvalue weighted by Crippen LogP contribution is 2.34. The van der Waals surface area contributed by atoms with Gasteiger partial charge in [-0.1, -0.05) is 5.16 Å². The maximum Gasteiger partial charge on any atom is 0.225 e. The molecule has 1 amide bonds. The third-order valence-corrected chi connectivity index (χ3v) is 6.04. The van der Waals surface area contributed by atoms with E-state index in [-0.39, 0.29) is 11.8 Å². The highest BCUT2D eigenvalue weighted by molar-refractivity contribution is 7.15. The van der Waals surface area contributed by atoms with Crippen molar-refractivity contribution < 1.29 is 9.32 Å². The van der Waals surface area contributed by atoms with Crippen molar-refractivity contribution in [1.29, 1.82) is 0 Å². The van der Waals surface area contributed by atoms with Crippen LogP contribution in [0.1, 0.15) is 28.7 Å². The second-order valence-electron chi connectivity index (χ2n) is 6.80. The van der Waals surface area contributed by atoms with Crippen LogP contribution in [0.2, 0.25) is 0 Å². The Kier molecular flexibility index (Phi) is 4.98. The van der Waals surface area contributed by atoms with E-state index in [4.69, 9.17) is 9.51 Å². The lowest BCUT2D eigenvalue weighted by Gasteiger charge is -2.25. The Bertz CT molecular complexity index is 937. The van der Waals surface area contributed by atoms with Gasteiger partial charge in [-0.3, -0.25) is 9.78 Å². The number of carbonyl (C=O) groups is 1. The first-order valence-corrected chi connectivity index (χ1v) is 9.85. The number of amides is 1. The molecule has 3 aromatic rings. The Hall–Kier alpha value is -2.61. The van der Waals surface area contributed by atoms with E-state index < -0.39 is 0 Å². The fourth-order valence-electron chi connectivity index (χ4n) is 3.34. The molecular formula is C19H21N5O2S. The van der Waals surface area contributed by atoms with Gasteiger partial charge in [-0.15, -0.1) is 11.3 Å². The lowest BCUT2D eigenvalue weighted by atomic mass is 9.90. The number of rotatable bonds is 5. The van der Waals surface area contributed by atoms with Crippen LogP contribution >= 0.6 is 11.3 Å². The van der Waals surface area contributed by atoms with Crippen LogP contribution in [0.5, 0.6) is 0 Å². The molecule has 8 heteroatoms. The maximum atomic E-state index is 12.8. The molecule has 0 radical (unpaired) electrons. The molecule has 0 saturated carbocycles. The van der Waals surface area contributed by atoms with Crippen molar-refractivity contribution >= 4 is 17.2 Å². The van der Waals surface area contributed by atoms with Crippen LogP contribution in [0.25, 0.3) is 10.6 Å². The first kappa shape index (κ1) is 17.8. The summed E-state index contributed by atoms with van der Waals surface area (Å²) in [5.74, 6) is 1.34. The van der Waals surface area contributed by atoms with Gasteiger partial charge in [0.2, 0.25) is 11.8 Å². The first-order chi connectivity index (χ1) is 13.1. The first-order valence-electron chi connectivity index (χ1n) is 9.03. The minimum Gasteiger partial charge on any atom is -0.345 e. The zero-order valence-electron chi connectivity index (χ0n) is 15.4. The molecule has 1 aliphatic rings. The van der Waals surface area contributed by atoms with Crippen LogP contribution in [0.15, 0.2) is 29.0 Å². The van der Waals surface area contributed by atoms with Crippen molar-refractivity contribution in [3.8, 4) is 10.6 Å². The Morgan fingerprint density at radius 2 is 2.15 bits per heavy atom. The van der Waals surface area contributed by atoms with Gasteiger partial charge in [-0.05, 0) is 25.0 Å². The molecule has 1 aliphatic carbocycles. The third-order valence-electron chi connectivity index (χ3n) is 4.83. The zero-order valence-corrected chi connectivity index (χ0v) is 16.2. The number of carbonyl (C=O) groups excluding carboxylic acids is 1. The average molecular weight is 383 g/mol. The molecule has 0 fully saturated rings. The lowest BCUT2D eigenvalue weighted by molar-refractivity contribution is -0.134. The van der Waals surface area contributed by atoms with Gasteiger partial charge in [-0.25, -0.2) is 4.98 Å². The van der Waals surface area contributed by atoms with Crippen LogP contribution in [0.4, 0.5) is 0 Å². The van der Waals surface area contributed by atoms with E-state index >= 15 is 0 Å². The summed E-state index contributed by atoms with van der Waals surface area (Å²) in [6, 6.07) is 3.95. The normalized spacial score (nSPS) is 16.1. The number of pyridine rings is 1. The molecule has 3 heterocycles. The van der Waals surface area contributed by atoms with Gasteiger partial charge in [0.25, 0.3) is 0 Å². The van der Waals surface area contributed by atoms with Crippen LogP contribution < -0.4 is 0 Å². The van der Waals surface area contributed by atoms with E-state index in [1.54, 1.807) is 35.6 Å². The number of nitrogens with zero attached hydrogens (tertiary/aromatic N) is 5. The lowest BCUT2D eigenvalue weighted by Crippen LogP contribution is -2.37. The zero-order chi connectivity index (χ0) is 18.8. The molecule has 140 valence electrons. The van der Waals surface area contributed by atoms with Crippen molar-refractivity contribution in [2.45, 2.75) is 32.6 Å². The minimum atomic E-state index is -0.0121. The molecule has 4 rings (SSSR count). The van der Waals surface area contributed by atoms with Gasteiger partial charge in [0.1, 0.15) is 5.01 Å². The number of hydrogen-bond acceptors (Lipinski definition) is 7. The molecular weight excluding hydrogens is 362 g/mol. The topological polar surface area (TPSA) is 85.0 Å². The van der Waals surface area contributed by atoms with Gasteiger partial charge in [0.05, 0.1) is 5.69 Å². The standard InChI is InChI=1S/C19H21N5O2S/c1-12-21-17(23-26-12)7-10-24(2)19(25)14-3-4-16-15(11-14)22-18(27-16)13-5-8-20-9-6-13/h5-6,8-9,14H,3-4,7,10-11H2,1-2H3. The predicted molar refractivity (Wildman–Crippen MR) is 101 cm³/mol. The van der Waals surface area contributed by atoms with Crippen molar-refractivity contribution in [3.05, 3.63) is 46.8 Å². The van der Waals surface area contributed by atoms with Crippen LogP contribution in [-0.4, -0.2) is 44.5 Å². The minimum absolute atomic E-state index is 0.0121. The Morgan fingerprint density at radius 3 is 2.89 bits per heavy atom. The number of fused-ring (bicyclic) bond motifs is 1. The smallest absolute Gasteiger partial charge is 0.225 e. The van der Waals surface area contributed by atoms with Crippen LogP contribution in [0.3, 0.4) is 0 Å². The second kappa shape index (κ2) is 7.56. The van der Waals surface area contributed by atoms with Crippen molar-refractivity contribution in [2.75, 3.05) is 13.6 Å². The Labute approximate surface area is 161 Å². The molecule has 3 aromatic heterocycles. The van der Waals surface area contributed by atoms with E-state index in [9.17, 15) is 4.79 Å². The SMILES string of the molecule is Cc1nc(CCN(C)C(=O)C2CCc3sc(-c4ccncc4)nc3C2)no1. The molecule has 0 aromatic carbocycles. The second-order valence-corrected chi connectivity index (χ2v) is 7.89. The molecule has 1 atom stereocenters. The summed E-state index contributed by atoms with van der Waals surface area (Å²) >= 11 is 1.73. The van der Waals surface area contributed by atoms with E-state index in [2.05, 4.69) is 15.1 Å². The van der Waals surface area contributed by atoms with E-state index in [0.717, 1.165) is 29.1 Å². The fourth-order valence-corrected chi connectivity index (χ4v) is 4.45. The van der Waals surface area contributed by atoms with E-state index in [1.165, 1.54) is 4.88 Å². The monoisotopic (exact) mass is 383 g/mol. The Balaban J connectivity index is 1.39. The quantitative estimate of drug-likeness (QED) is 0.673. The summed E-state index contributed by atoms with van der Waals surface area (Å²) in [6.45, 7) is 2.35. The highest BCUT2D eigenvalue weighted by atomic mass is 32.1. The van der Waals surface area contributed by atoms with Crippen LogP contribution in [0, 0.1) is 12.8 Å². The van der Waals surface area contributed by atoms with Gasteiger partial charge < -0.3 is 9.42 Å². The molecule has 0 aliphatic heterocycles. The number of hydrogen-bond donors (Lipinski definition) is 0. The van der Waals surface area contributed by atoms with Crippen molar-refractivity contribution in [2.24, 2.45) is 5.92 Å². The summed E-state index contributed by atoms with van der Waals surface area (Å²) in [7, 11) is 1.84. The largest absolute Gasteiger partial charge is 0.345 e. The highest BCUT2D eigenvalue weighted by Gasteiger charge is 2.29. The number of aryl methyl sites for hydroxylation is 2. The molecule has 0 saturated heterocycles. The van der Waals surface area contributed by atoms with Crippen LogP contribution in [-0.2, 0) is 24.1 Å². The summed E-state index contributed by atoms with van der Waals surface area (Å²) in [6.07, 6.45) is 6.65. The number of thiazole rings is 1. The van der Waals surface area contributed by atoms with Gasteiger partial charge in [-0.2, -0.15) is 4.98 Å². The molecule has 0 N–H and O–H groups in total. The van der Waals surface area contributed by atoms with E-state index in [0.29, 0.717) is 31.1 Å². The molecule has 0 spiro atoms. The average Bonchev–Trinajstić information content (AvgIpc) is 3.31. The van der Waals surface area contributed by atoms with Gasteiger partial charge >= 0.3 is 0 Å². The molecule has 7 nitrogen and oxygen atoms in total. The maximum absolute atomic E-state index is 12.8. The van der Waals surface area contributed by atoms with Gasteiger partial charge in [0, 0.05) is 62.1 Å². The summed E-state index contributed by atoms with van der Waals surface area (Å²) < 4.78 is 4.98. The summed E-state index contributed by atoms with van der Waals surface area (Å²) in [5, 5.41) is 4.89. The number of aromatic nitrogens is 4. The fraction of sp³-hybridized carbons (Fsp3) is 0.421. The van der Waals surface area contributed by atoms with E-state index in [1.807, 2.05) is 19.2 Å². The van der Waals surface area contributed by atoms with Crippen molar-refractivity contribution in [3.63, 3.8) is 0 Å². The predicted octanol–water partition coefficient (Wildman–Crippen LogP) is 2.70.